The van der Waals surface area contributed by atoms with Crippen molar-refractivity contribution in [2.75, 3.05) is 4.90 Å². The first-order chi connectivity index (χ1) is 14.8. The van der Waals surface area contributed by atoms with Crippen LogP contribution in [-0.4, -0.2) is 20.9 Å². The second-order valence-electron chi connectivity index (χ2n) is 6.68. The van der Waals surface area contributed by atoms with Crippen molar-refractivity contribution in [3.63, 3.8) is 0 Å². The first-order valence-electron chi connectivity index (χ1n) is 9.66. The van der Waals surface area contributed by atoms with Gasteiger partial charge in [-0.25, -0.2) is 9.97 Å². The Bertz CT molecular complexity index is 1070. The van der Waals surface area contributed by atoms with E-state index >= 15 is 0 Å². The Labute approximate surface area is 175 Å². The van der Waals surface area contributed by atoms with Crippen LogP contribution in [0.25, 0.3) is 0 Å². The number of carbonyl (C=O) groups is 1. The fourth-order valence-electron chi connectivity index (χ4n) is 3.00. The maximum absolute atomic E-state index is 12.4. The van der Waals surface area contributed by atoms with Crippen LogP contribution in [0.5, 0.6) is 0 Å². The average molecular weight is 395 g/mol. The third-order valence-corrected chi connectivity index (χ3v) is 4.55. The highest BCUT2D eigenvalue weighted by molar-refractivity contribution is 5.93. The number of anilines is 2. The van der Waals surface area contributed by atoms with Gasteiger partial charge in [0.15, 0.2) is 0 Å². The molecule has 0 bridgehead atoms. The predicted molar refractivity (Wildman–Crippen MR) is 116 cm³/mol. The van der Waals surface area contributed by atoms with Crippen molar-refractivity contribution < 1.29 is 4.79 Å². The summed E-state index contributed by atoms with van der Waals surface area (Å²) >= 11 is 0. The lowest BCUT2D eigenvalue weighted by molar-refractivity contribution is 0.0949. The van der Waals surface area contributed by atoms with Crippen LogP contribution in [0.4, 0.5) is 11.6 Å². The van der Waals surface area contributed by atoms with E-state index < -0.39 is 0 Å². The fraction of sp³-hybridized carbons (Fsp3) is 0.0833. The number of hydrogen-bond donors (Lipinski definition) is 1. The topological polar surface area (TPSA) is 71.0 Å². The fourth-order valence-corrected chi connectivity index (χ4v) is 3.00. The lowest BCUT2D eigenvalue weighted by Crippen LogP contribution is -2.24. The minimum Gasteiger partial charge on any atom is -0.346 e. The van der Waals surface area contributed by atoms with Crippen LogP contribution in [-0.2, 0) is 13.1 Å². The lowest BCUT2D eigenvalue weighted by atomic mass is 10.2. The van der Waals surface area contributed by atoms with Gasteiger partial charge in [-0.1, -0.05) is 54.6 Å². The summed E-state index contributed by atoms with van der Waals surface area (Å²) in [6.07, 6.45) is 4.80. The summed E-state index contributed by atoms with van der Waals surface area (Å²) in [5.41, 5.74) is 3.32. The number of nitrogens with one attached hydrogen (secondary N) is 1. The van der Waals surface area contributed by atoms with Gasteiger partial charge < -0.3 is 10.2 Å². The molecule has 2 heterocycles. The minimum atomic E-state index is -0.235. The molecule has 4 aromatic rings. The normalized spacial score (nSPS) is 10.4. The molecule has 0 aliphatic heterocycles. The Morgan fingerprint density at radius 3 is 2.13 bits per heavy atom. The first-order valence-corrected chi connectivity index (χ1v) is 9.66. The van der Waals surface area contributed by atoms with Gasteiger partial charge in [-0.3, -0.25) is 9.78 Å². The molecule has 2 aromatic heterocycles. The number of para-hydroxylation sites is 1. The van der Waals surface area contributed by atoms with Crippen LogP contribution in [0.15, 0.2) is 97.5 Å². The summed E-state index contributed by atoms with van der Waals surface area (Å²) in [7, 11) is 0. The van der Waals surface area contributed by atoms with Crippen molar-refractivity contribution in [1.82, 2.24) is 20.3 Å². The monoisotopic (exact) mass is 395 g/mol. The second-order valence-corrected chi connectivity index (χ2v) is 6.68. The number of nitrogens with zero attached hydrogens (tertiary/aromatic N) is 4. The van der Waals surface area contributed by atoms with E-state index in [0.717, 1.165) is 16.9 Å². The van der Waals surface area contributed by atoms with E-state index in [1.807, 2.05) is 71.6 Å². The molecule has 0 saturated carbocycles. The Hall–Kier alpha value is -4.06. The van der Waals surface area contributed by atoms with Crippen LogP contribution in [0.3, 0.4) is 0 Å². The summed E-state index contributed by atoms with van der Waals surface area (Å²) in [5, 5.41) is 2.84. The standard InChI is InChI=1S/C24H21N5O/c30-23(26-17-21-11-7-8-14-25-21)20-15-27-24(28-16-20)29(22-12-5-2-6-13-22)18-19-9-3-1-4-10-19/h1-16H,17-18H2,(H,26,30). The van der Waals surface area contributed by atoms with Crippen molar-refractivity contribution in [3.05, 3.63) is 114 Å². The number of pyridine rings is 1. The van der Waals surface area contributed by atoms with E-state index in [0.29, 0.717) is 24.6 Å². The Morgan fingerprint density at radius 2 is 1.47 bits per heavy atom. The highest BCUT2D eigenvalue weighted by Gasteiger charge is 2.14. The molecule has 0 unspecified atom stereocenters. The molecule has 1 amide bonds. The quantitative estimate of drug-likeness (QED) is 0.509. The van der Waals surface area contributed by atoms with Crippen LogP contribution in [0.2, 0.25) is 0 Å². The Balaban J connectivity index is 1.51. The molecule has 0 radical (unpaired) electrons. The SMILES string of the molecule is O=C(NCc1ccccn1)c1cnc(N(Cc2ccccc2)c2ccccc2)nc1. The summed E-state index contributed by atoms with van der Waals surface area (Å²) < 4.78 is 0. The molecule has 0 spiro atoms. The highest BCUT2D eigenvalue weighted by Crippen LogP contribution is 2.24. The molecule has 0 fully saturated rings. The molecular weight excluding hydrogens is 374 g/mol. The summed E-state index contributed by atoms with van der Waals surface area (Å²) in [4.78, 5) is 27.6. The molecule has 6 nitrogen and oxygen atoms in total. The number of aromatic nitrogens is 3. The van der Waals surface area contributed by atoms with Crippen LogP contribution < -0.4 is 10.2 Å². The second kappa shape index (κ2) is 9.43. The van der Waals surface area contributed by atoms with E-state index in [9.17, 15) is 4.79 Å². The number of carbonyl (C=O) groups excluding carboxylic acids is 1. The molecule has 1 N–H and O–H groups in total. The molecule has 0 aliphatic rings. The van der Waals surface area contributed by atoms with Crippen molar-refractivity contribution in [1.29, 1.82) is 0 Å². The van der Waals surface area contributed by atoms with Crippen LogP contribution in [0, 0.1) is 0 Å². The van der Waals surface area contributed by atoms with E-state index in [4.69, 9.17) is 0 Å². The molecule has 148 valence electrons. The highest BCUT2D eigenvalue weighted by atomic mass is 16.1. The maximum atomic E-state index is 12.4. The largest absolute Gasteiger partial charge is 0.346 e. The lowest BCUT2D eigenvalue weighted by Gasteiger charge is -2.23. The zero-order chi connectivity index (χ0) is 20.6. The number of rotatable bonds is 7. The van der Waals surface area contributed by atoms with Crippen LogP contribution in [0.1, 0.15) is 21.6 Å². The van der Waals surface area contributed by atoms with Gasteiger partial charge in [0.1, 0.15) is 0 Å². The van der Waals surface area contributed by atoms with Gasteiger partial charge in [0.05, 0.1) is 24.3 Å². The molecule has 0 aliphatic carbocycles. The Morgan fingerprint density at radius 1 is 0.800 bits per heavy atom. The summed E-state index contributed by atoms with van der Waals surface area (Å²) in [6, 6.07) is 25.7. The molecular formula is C24H21N5O. The molecule has 4 rings (SSSR count). The molecule has 0 atom stereocenters. The number of benzene rings is 2. The number of amides is 1. The predicted octanol–water partition coefficient (Wildman–Crippen LogP) is 4.14. The summed E-state index contributed by atoms with van der Waals surface area (Å²) in [6.45, 7) is 0.974. The van der Waals surface area contributed by atoms with Gasteiger partial charge in [0, 0.05) is 24.3 Å². The first kappa shape index (κ1) is 19.3. The van der Waals surface area contributed by atoms with E-state index in [2.05, 4.69) is 32.4 Å². The maximum Gasteiger partial charge on any atom is 0.254 e. The molecule has 30 heavy (non-hydrogen) atoms. The van der Waals surface area contributed by atoms with Crippen molar-refractivity contribution in [3.8, 4) is 0 Å². The van der Waals surface area contributed by atoms with Gasteiger partial charge in [-0.15, -0.1) is 0 Å². The zero-order valence-corrected chi connectivity index (χ0v) is 16.3. The van der Waals surface area contributed by atoms with Gasteiger partial charge in [-0.2, -0.15) is 0 Å². The van der Waals surface area contributed by atoms with Crippen molar-refractivity contribution in [2.45, 2.75) is 13.1 Å². The average Bonchev–Trinajstić information content (AvgIpc) is 2.83. The van der Waals surface area contributed by atoms with Crippen LogP contribution >= 0.6 is 0 Å². The van der Waals surface area contributed by atoms with Crippen molar-refractivity contribution >= 4 is 17.5 Å². The molecule has 6 heteroatoms. The van der Waals surface area contributed by atoms with Gasteiger partial charge in [0.2, 0.25) is 5.95 Å². The third kappa shape index (κ3) is 4.86. The van der Waals surface area contributed by atoms with Gasteiger partial charge in [-0.05, 0) is 29.8 Å². The smallest absolute Gasteiger partial charge is 0.254 e. The van der Waals surface area contributed by atoms with E-state index in [1.165, 1.54) is 0 Å². The number of hydrogen-bond acceptors (Lipinski definition) is 5. The molecule has 0 saturated heterocycles. The van der Waals surface area contributed by atoms with Gasteiger partial charge >= 0.3 is 0 Å². The molecule has 2 aromatic carbocycles. The zero-order valence-electron chi connectivity index (χ0n) is 16.3. The van der Waals surface area contributed by atoms with Crippen molar-refractivity contribution in [2.24, 2.45) is 0 Å². The van der Waals surface area contributed by atoms with E-state index in [-0.39, 0.29) is 5.91 Å². The van der Waals surface area contributed by atoms with Gasteiger partial charge in [0.25, 0.3) is 5.91 Å². The summed E-state index contributed by atoms with van der Waals surface area (Å²) in [5.74, 6) is 0.299. The van der Waals surface area contributed by atoms with E-state index in [1.54, 1.807) is 18.6 Å². The Kier molecular flexibility index (Phi) is 6.05. The minimum absolute atomic E-state index is 0.235. The third-order valence-electron chi connectivity index (χ3n) is 4.55.